The number of para-hydroxylation sites is 1. The molecule has 0 radical (unpaired) electrons. The molecule has 2 aromatic carbocycles. The Kier molecular flexibility index (Phi) is 4.39. The predicted molar refractivity (Wildman–Crippen MR) is 97.1 cm³/mol. The minimum atomic E-state index is -0.440. The van der Waals surface area contributed by atoms with Crippen LogP contribution in [-0.4, -0.2) is 22.3 Å². The first kappa shape index (κ1) is 15.6. The maximum atomic E-state index is 10.4. The van der Waals surface area contributed by atoms with E-state index in [1.165, 1.54) is 27.7 Å². The summed E-state index contributed by atoms with van der Waals surface area (Å²) < 4.78 is 2.21. The van der Waals surface area contributed by atoms with Gasteiger partial charge in [-0.1, -0.05) is 35.9 Å². The van der Waals surface area contributed by atoms with Crippen molar-refractivity contribution >= 4 is 16.6 Å². The Morgan fingerprint density at radius 3 is 2.43 bits per heavy atom. The van der Waals surface area contributed by atoms with E-state index in [4.69, 9.17) is 0 Å². The van der Waals surface area contributed by atoms with Crippen LogP contribution in [0.4, 0.5) is 5.69 Å². The average Bonchev–Trinajstić information content (AvgIpc) is 2.80. The van der Waals surface area contributed by atoms with Crippen LogP contribution in [0, 0.1) is 20.8 Å². The summed E-state index contributed by atoms with van der Waals surface area (Å²) in [5, 5.41) is 15.0. The Labute approximate surface area is 137 Å². The molecule has 3 aromatic rings. The number of hydrogen-bond acceptors (Lipinski definition) is 2. The van der Waals surface area contributed by atoms with Crippen molar-refractivity contribution in [1.82, 2.24) is 4.57 Å². The van der Waals surface area contributed by atoms with Gasteiger partial charge in [0.15, 0.2) is 0 Å². The van der Waals surface area contributed by atoms with Gasteiger partial charge in [-0.2, -0.15) is 0 Å². The number of aryl methyl sites for hydroxylation is 2. The van der Waals surface area contributed by atoms with E-state index >= 15 is 0 Å². The number of aliphatic hydroxyl groups excluding tert-OH is 1. The van der Waals surface area contributed by atoms with Gasteiger partial charge in [0.2, 0.25) is 0 Å². The van der Waals surface area contributed by atoms with Gasteiger partial charge in [-0.05, 0) is 44.5 Å². The van der Waals surface area contributed by atoms with Crippen molar-refractivity contribution in [1.29, 1.82) is 0 Å². The van der Waals surface area contributed by atoms with E-state index < -0.39 is 6.10 Å². The highest BCUT2D eigenvalue weighted by atomic mass is 16.3. The molecule has 0 spiro atoms. The van der Waals surface area contributed by atoms with Gasteiger partial charge in [-0.15, -0.1) is 0 Å². The summed E-state index contributed by atoms with van der Waals surface area (Å²) >= 11 is 0. The predicted octanol–water partition coefficient (Wildman–Crippen LogP) is 4.04. The molecule has 3 nitrogen and oxygen atoms in total. The number of fused-ring (bicyclic) bond motifs is 1. The summed E-state index contributed by atoms with van der Waals surface area (Å²) in [6, 6.07) is 16.6. The fourth-order valence-corrected chi connectivity index (χ4v) is 3.02. The van der Waals surface area contributed by atoms with Crippen molar-refractivity contribution < 1.29 is 5.11 Å². The molecule has 2 N–H and O–H groups in total. The Bertz CT molecular complexity index is 802. The third-order valence-electron chi connectivity index (χ3n) is 4.53. The van der Waals surface area contributed by atoms with Crippen LogP contribution in [0.1, 0.15) is 16.8 Å². The molecule has 23 heavy (non-hydrogen) atoms. The molecule has 0 bridgehead atoms. The molecule has 1 heterocycles. The molecule has 1 atom stereocenters. The van der Waals surface area contributed by atoms with E-state index in [-0.39, 0.29) is 0 Å². The normalized spacial score (nSPS) is 12.5. The summed E-state index contributed by atoms with van der Waals surface area (Å²) in [5.74, 6) is 0. The zero-order chi connectivity index (χ0) is 16.4. The van der Waals surface area contributed by atoms with Gasteiger partial charge in [0, 0.05) is 28.8 Å². The van der Waals surface area contributed by atoms with Crippen LogP contribution in [0.25, 0.3) is 10.9 Å². The third-order valence-corrected chi connectivity index (χ3v) is 4.53. The third kappa shape index (κ3) is 3.25. The van der Waals surface area contributed by atoms with E-state index in [0.29, 0.717) is 13.1 Å². The molecule has 0 unspecified atom stereocenters. The van der Waals surface area contributed by atoms with E-state index in [1.54, 1.807) is 0 Å². The maximum absolute atomic E-state index is 10.4. The lowest BCUT2D eigenvalue weighted by Crippen LogP contribution is -2.25. The number of aromatic nitrogens is 1. The van der Waals surface area contributed by atoms with E-state index in [0.717, 1.165) is 5.69 Å². The second-order valence-electron chi connectivity index (χ2n) is 6.24. The molecule has 3 rings (SSSR count). The number of aliphatic hydroxyl groups is 1. The Hall–Kier alpha value is -2.26. The topological polar surface area (TPSA) is 37.2 Å². The molecule has 0 aliphatic heterocycles. The van der Waals surface area contributed by atoms with Gasteiger partial charge in [0.05, 0.1) is 12.6 Å². The van der Waals surface area contributed by atoms with E-state index in [2.05, 4.69) is 67.1 Å². The monoisotopic (exact) mass is 308 g/mol. The summed E-state index contributed by atoms with van der Waals surface area (Å²) in [7, 11) is 0. The lowest BCUT2D eigenvalue weighted by molar-refractivity contribution is 0.167. The number of benzene rings is 2. The maximum Gasteiger partial charge on any atom is 0.0891 e. The van der Waals surface area contributed by atoms with Gasteiger partial charge in [0.25, 0.3) is 0 Å². The number of hydrogen-bond donors (Lipinski definition) is 2. The Morgan fingerprint density at radius 2 is 1.70 bits per heavy atom. The fraction of sp³-hybridized carbons (Fsp3) is 0.300. The van der Waals surface area contributed by atoms with E-state index in [9.17, 15) is 5.11 Å². The van der Waals surface area contributed by atoms with Crippen molar-refractivity contribution in [3.05, 3.63) is 65.4 Å². The standard InChI is InChI=1S/C20H24N2O/c1-14-8-10-17(11-9-14)21-12-18(23)13-22-16(3)15(2)19-6-4-5-7-20(19)22/h4-11,18,21,23H,12-13H2,1-3H3/t18-/m0/s1. The highest BCUT2D eigenvalue weighted by molar-refractivity contribution is 5.85. The van der Waals surface area contributed by atoms with E-state index in [1.807, 2.05) is 12.1 Å². The average molecular weight is 308 g/mol. The zero-order valence-electron chi connectivity index (χ0n) is 14.0. The summed E-state index contributed by atoms with van der Waals surface area (Å²) in [5.41, 5.74) is 5.98. The van der Waals surface area contributed by atoms with Gasteiger partial charge in [-0.25, -0.2) is 0 Å². The smallest absolute Gasteiger partial charge is 0.0891 e. The highest BCUT2D eigenvalue weighted by Crippen LogP contribution is 2.25. The van der Waals surface area contributed by atoms with Crippen LogP contribution in [0.15, 0.2) is 48.5 Å². The second-order valence-corrected chi connectivity index (χ2v) is 6.24. The molecular weight excluding hydrogens is 284 g/mol. The summed E-state index contributed by atoms with van der Waals surface area (Å²) in [6.45, 7) is 7.47. The highest BCUT2D eigenvalue weighted by Gasteiger charge is 2.13. The number of rotatable bonds is 5. The molecule has 1 aromatic heterocycles. The molecule has 120 valence electrons. The summed E-state index contributed by atoms with van der Waals surface area (Å²) in [4.78, 5) is 0. The Balaban J connectivity index is 1.72. The van der Waals surface area contributed by atoms with Gasteiger partial charge in [0.1, 0.15) is 0 Å². The number of nitrogens with one attached hydrogen (secondary N) is 1. The van der Waals surface area contributed by atoms with Gasteiger partial charge < -0.3 is 15.0 Å². The fourth-order valence-electron chi connectivity index (χ4n) is 3.02. The summed E-state index contributed by atoms with van der Waals surface area (Å²) in [6.07, 6.45) is -0.440. The first-order valence-electron chi connectivity index (χ1n) is 8.09. The van der Waals surface area contributed by atoms with Crippen LogP contribution in [0.5, 0.6) is 0 Å². The molecule has 0 aliphatic rings. The molecule has 0 saturated carbocycles. The largest absolute Gasteiger partial charge is 0.389 e. The van der Waals surface area contributed by atoms with Crippen molar-refractivity contribution in [2.75, 3.05) is 11.9 Å². The van der Waals surface area contributed by atoms with Crippen LogP contribution in [0.2, 0.25) is 0 Å². The van der Waals surface area contributed by atoms with Crippen molar-refractivity contribution in [2.24, 2.45) is 0 Å². The van der Waals surface area contributed by atoms with Crippen molar-refractivity contribution in [3.63, 3.8) is 0 Å². The lowest BCUT2D eigenvalue weighted by Gasteiger charge is -2.16. The first-order chi connectivity index (χ1) is 11.1. The molecule has 0 amide bonds. The van der Waals surface area contributed by atoms with Crippen molar-refractivity contribution in [3.8, 4) is 0 Å². The minimum Gasteiger partial charge on any atom is -0.389 e. The molecule has 3 heteroatoms. The van der Waals surface area contributed by atoms with Crippen LogP contribution in [-0.2, 0) is 6.54 Å². The van der Waals surface area contributed by atoms with Crippen LogP contribution >= 0.6 is 0 Å². The second kappa shape index (κ2) is 6.47. The number of anilines is 1. The van der Waals surface area contributed by atoms with Gasteiger partial charge >= 0.3 is 0 Å². The SMILES string of the molecule is Cc1ccc(NC[C@H](O)Cn2c(C)c(C)c3ccccc32)cc1. The molecule has 0 fully saturated rings. The Morgan fingerprint density at radius 1 is 1.00 bits per heavy atom. The minimum absolute atomic E-state index is 0.440. The number of nitrogens with zero attached hydrogens (tertiary/aromatic N) is 1. The van der Waals surface area contributed by atoms with Gasteiger partial charge in [-0.3, -0.25) is 0 Å². The van der Waals surface area contributed by atoms with Crippen LogP contribution in [0.3, 0.4) is 0 Å². The molecule has 0 aliphatic carbocycles. The lowest BCUT2D eigenvalue weighted by atomic mass is 10.2. The van der Waals surface area contributed by atoms with Crippen molar-refractivity contribution in [2.45, 2.75) is 33.4 Å². The zero-order valence-corrected chi connectivity index (χ0v) is 14.0. The molecular formula is C20H24N2O. The van der Waals surface area contributed by atoms with Crippen LogP contribution < -0.4 is 5.32 Å². The first-order valence-corrected chi connectivity index (χ1v) is 8.09. The molecule has 0 saturated heterocycles. The quantitative estimate of drug-likeness (QED) is 0.746.